The summed E-state index contributed by atoms with van der Waals surface area (Å²) >= 11 is 0. The standard InChI is InChI=1S/C13H18N2O3/c1-8-3-5-10(6-4-8)9(2)11(17)13(15,7-16)12(14)18/h3-6,9,16H,7,15H2,1-2H3,(H2,14,18)/t9?,13-/m1/s1. The molecular formula is C13H18N2O3. The number of hydrogen-bond acceptors (Lipinski definition) is 4. The summed E-state index contributed by atoms with van der Waals surface area (Å²) in [6.45, 7) is 2.77. The Kier molecular flexibility index (Phi) is 4.21. The number of ketones is 1. The summed E-state index contributed by atoms with van der Waals surface area (Å²) < 4.78 is 0. The summed E-state index contributed by atoms with van der Waals surface area (Å²) in [5.41, 5.74) is 10.4. The molecule has 0 aromatic heterocycles. The van der Waals surface area contributed by atoms with Crippen molar-refractivity contribution in [3.05, 3.63) is 35.4 Å². The van der Waals surface area contributed by atoms with Crippen molar-refractivity contribution in [1.82, 2.24) is 0 Å². The van der Waals surface area contributed by atoms with Gasteiger partial charge in [-0.3, -0.25) is 9.59 Å². The minimum atomic E-state index is -2.02. The van der Waals surface area contributed by atoms with Gasteiger partial charge in [-0.05, 0) is 12.5 Å². The van der Waals surface area contributed by atoms with E-state index in [0.717, 1.165) is 11.1 Å². The Morgan fingerprint density at radius 1 is 1.33 bits per heavy atom. The smallest absolute Gasteiger partial charge is 0.247 e. The molecule has 0 aliphatic carbocycles. The number of rotatable bonds is 5. The van der Waals surface area contributed by atoms with E-state index in [4.69, 9.17) is 16.6 Å². The molecule has 1 aromatic carbocycles. The number of nitrogens with two attached hydrogens (primary N) is 2. The van der Waals surface area contributed by atoms with Crippen LogP contribution >= 0.6 is 0 Å². The predicted octanol–water partition coefficient (Wildman–Crippen LogP) is -0.157. The van der Waals surface area contributed by atoms with Crippen LogP contribution in [0.5, 0.6) is 0 Å². The third kappa shape index (κ3) is 2.57. The normalized spacial score (nSPS) is 15.8. The zero-order valence-electron chi connectivity index (χ0n) is 10.5. The van der Waals surface area contributed by atoms with E-state index in [0.29, 0.717) is 0 Å². The summed E-state index contributed by atoms with van der Waals surface area (Å²) in [6, 6.07) is 7.30. The number of aliphatic hydroxyl groups excluding tert-OH is 1. The molecule has 0 aliphatic heterocycles. The molecule has 2 atom stereocenters. The van der Waals surface area contributed by atoms with Gasteiger partial charge < -0.3 is 16.6 Å². The van der Waals surface area contributed by atoms with Gasteiger partial charge in [0.15, 0.2) is 11.3 Å². The third-order valence-corrected chi connectivity index (χ3v) is 3.10. The highest BCUT2D eigenvalue weighted by Crippen LogP contribution is 2.21. The number of benzene rings is 1. The fourth-order valence-electron chi connectivity index (χ4n) is 1.67. The Morgan fingerprint density at radius 3 is 2.22 bits per heavy atom. The van der Waals surface area contributed by atoms with Gasteiger partial charge in [-0.2, -0.15) is 0 Å². The summed E-state index contributed by atoms with van der Waals surface area (Å²) in [4.78, 5) is 23.3. The molecule has 0 aliphatic rings. The molecule has 0 spiro atoms. The molecule has 5 heteroatoms. The number of aryl methyl sites for hydroxylation is 1. The molecule has 0 radical (unpaired) electrons. The van der Waals surface area contributed by atoms with Gasteiger partial charge in [0.2, 0.25) is 5.91 Å². The van der Waals surface area contributed by atoms with Crippen LogP contribution in [0.3, 0.4) is 0 Å². The van der Waals surface area contributed by atoms with Gasteiger partial charge >= 0.3 is 0 Å². The molecule has 0 saturated carbocycles. The molecule has 0 bridgehead atoms. The van der Waals surface area contributed by atoms with Crippen molar-refractivity contribution in [3.8, 4) is 0 Å². The maximum Gasteiger partial charge on any atom is 0.247 e. The fourth-order valence-corrected chi connectivity index (χ4v) is 1.67. The van der Waals surface area contributed by atoms with Gasteiger partial charge in [-0.25, -0.2) is 0 Å². The molecule has 0 saturated heterocycles. The van der Waals surface area contributed by atoms with E-state index in [9.17, 15) is 9.59 Å². The Morgan fingerprint density at radius 2 is 1.83 bits per heavy atom. The van der Waals surface area contributed by atoms with Gasteiger partial charge in [0.1, 0.15) is 0 Å². The van der Waals surface area contributed by atoms with Gasteiger partial charge in [-0.1, -0.05) is 36.8 Å². The van der Waals surface area contributed by atoms with Crippen LogP contribution in [0.4, 0.5) is 0 Å². The molecule has 5 nitrogen and oxygen atoms in total. The van der Waals surface area contributed by atoms with Crippen LogP contribution in [0.25, 0.3) is 0 Å². The molecule has 1 rings (SSSR count). The Bertz CT molecular complexity index is 456. The van der Waals surface area contributed by atoms with Crippen molar-refractivity contribution in [3.63, 3.8) is 0 Å². The summed E-state index contributed by atoms with van der Waals surface area (Å²) in [7, 11) is 0. The number of amides is 1. The lowest BCUT2D eigenvalue weighted by atomic mass is 9.83. The molecule has 98 valence electrons. The molecular weight excluding hydrogens is 232 g/mol. The van der Waals surface area contributed by atoms with Crippen LogP contribution in [0.1, 0.15) is 24.0 Å². The number of hydrogen-bond donors (Lipinski definition) is 3. The number of carbonyl (C=O) groups is 2. The highest BCUT2D eigenvalue weighted by molar-refractivity contribution is 6.12. The highest BCUT2D eigenvalue weighted by atomic mass is 16.3. The second kappa shape index (κ2) is 5.29. The first-order chi connectivity index (χ1) is 8.32. The monoisotopic (exact) mass is 250 g/mol. The summed E-state index contributed by atoms with van der Waals surface area (Å²) in [5, 5.41) is 9.12. The molecule has 5 N–H and O–H groups in total. The number of Topliss-reactive ketones (excluding diaryl/α,β-unsaturated/α-hetero) is 1. The van der Waals surface area contributed by atoms with Gasteiger partial charge in [0.05, 0.1) is 6.61 Å². The lowest BCUT2D eigenvalue weighted by Gasteiger charge is -2.25. The Hall–Kier alpha value is -1.72. The van der Waals surface area contributed by atoms with Gasteiger partial charge in [-0.15, -0.1) is 0 Å². The fraction of sp³-hybridized carbons (Fsp3) is 0.385. The second-order valence-corrected chi connectivity index (χ2v) is 4.49. The van der Waals surface area contributed by atoms with E-state index in [2.05, 4.69) is 0 Å². The third-order valence-electron chi connectivity index (χ3n) is 3.10. The lowest BCUT2D eigenvalue weighted by Crippen LogP contribution is -2.62. The first-order valence-corrected chi connectivity index (χ1v) is 5.63. The van der Waals surface area contributed by atoms with Gasteiger partial charge in [0.25, 0.3) is 0 Å². The molecule has 0 heterocycles. The SMILES string of the molecule is Cc1ccc(C(C)C(=O)[C@](N)(CO)C(N)=O)cc1. The van der Waals surface area contributed by atoms with Crippen molar-refractivity contribution >= 4 is 11.7 Å². The molecule has 18 heavy (non-hydrogen) atoms. The van der Waals surface area contributed by atoms with Crippen molar-refractivity contribution in [1.29, 1.82) is 0 Å². The topological polar surface area (TPSA) is 106 Å². The number of carbonyl (C=O) groups excluding carboxylic acids is 2. The van der Waals surface area contributed by atoms with Crippen LogP contribution in [0.2, 0.25) is 0 Å². The minimum Gasteiger partial charge on any atom is -0.393 e. The largest absolute Gasteiger partial charge is 0.393 e. The maximum absolute atomic E-state index is 12.1. The lowest BCUT2D eigenvalue weighted by molar-refractivity contribution is -0.136. The van der Waals surface area contributed by atoms with E-state index in [1.165, 1.54) is 0 Å². The van der Waals surface area contributed by atoms with E-state index in [1.54, 1.807) is 19.1 Å². The maximum atomic E-state index is 12.1. The van der Waals surface area contributed by atoms with E-state index < -0.39 is 29.8 Å². The molecule has 0 fully saturated rings. The average Bonchev–Trinajstić information content (AvgIpc) is 2.36. The molecule has 1 amide bonds. The quantitative estimate of drug-likeness (QED) is 0.631. The van der Waals surface area contributed by atoms with Crippen LogP contribution in [-0.2, 0) is 9.59 Å². The van der Waals surface area contributed by atoms with Crippen LogP contribution in [-0.4, -0.2) is 28.9 Å². The van der Waals surface area contributed by atoms with Crippen molar-refractivity contribution in [2.75, 3.05) is 6.61 Å². The van der Waals surface area contributed by atoms with Crippen LogP contribution in [0.15, 0.2) is 24.3 Å². The summed E-state index contributed by atoms with van der Waals surface area (Å²) in [6.07, 6.45) is 0. The second-order valence-electron chi connectivity index (χ2n) is 4.49. The van der Waals surface area contributed by atoms with Crippen molar-refractivity contribution < 1.29 is 14.7 Å². The van der Waals surface area contributed by atoms with E-state index in [1.807, 2.05) is 19.1 Å². The van der Waals surface area contributed by atoms with Crippen molar-refractivity contribution in [2.24, 2.45) is 11.5 Å². The minimum absolute atomic E-state index is 0.582. The van der Waals surface area contributed by atoms with Crippen LogP contribution < -0.4 is 11.5 Å². The first-order valence-electron chi connectivity index (χ1n) is 5.63. The van der Waals surface area contributed by atoms with Crippen LogP contribution in [0, 0.1) is 6.92 Å². The zero-order valence-corrected chi connectivity index (χ0v) is 10.5. The molecule has 1 unspecified atom stereocenters. The zero-order chi connectivity index (χ0) is 13.9. The highest BCUT2D eigenvalue weighted by Gasteiger charge is 2.42. The Balaban J connectivity index is 3.03. The first kappa shape index (κ1) is 14.3. The predicted molar refractivity (Wildman–Crippen MR) is 67.8 cm³/mol. The number of aliphatic hydroxyl groups is 1. The summed E-state index contributed by atoms with van der Waals surface area (Å²) in [5.74, 6) is -2.20. The van der Waals surface area contributed by atoms with E-state index in [-0.39, 0.29) is 0 Å². The molecule has 1 aromatic rings. The van der Waals surface area contributed by atoms with Crippen molar-refractivity contribution in [2.45, 2.75) is 25.3 Å². The number of primary amides is 1. The van der Waals surface area contributed by atoms with Gasteiger partial charge in [0, 0.05) is 5.92 Å². The van der Waals surface area contributed by atoms with E-state index >= 15 is 0 Å². The Labute approximate surface area is 106 Å². The average molecular weight is 250 g/mol.